The van der Waals surface area contributed by atoms with E-state index in [4.69, 9.17) is 0 Å². The highest BCUT2D eigenvalue weighted by Gasteiger charge is 1.84. The van der Waals surface area contributed by atoms with E-state index in [0.29, 0.717) is 0 Å². The van der Waals surface area contributed by atoms with Gasteiger partial charge in [0.2, 0.25) is 0 Å². The van der Waals surface area contributed by atoms with Crippen LogP contribution in [0.15, 0.2) is 12.8 Å². The minimum absolute atomic E-state index is 1.02. The van der Waals surface area contributed by atoms with E-state index >= 15 is 0 Å². The molecule has 0 fully saturated rings. The maximum atomic E-state index is 3.61. The average Bonchev–Trinajstić information content (AvgIpc) is 1.83. The zero-order chi connectivity index (χ0) is 6.41. The van der Waals surface area contributed by atoms with Crippen LogP contribution in [0.25, 0.3) is 0 Å². The molecule has 2 heteroatoms. The van der Waals surface area contributed by atoms with Crippen molar-refractivity contribution in [3.05, 3.63) is 12.8 Å². The van der Waals surface area contributed by atoms with Gasteiger partial charge in [-0.15, -0.1) is 0 Å². The summed E-state index contributed by atoms with van der Waals surface area (Å²) in [5.74, 6) is 0. The summed E-state index contributed by atoms with van der Waals surface area (Å²) in [6.45, 7) is 5.66. The van der Waals surface area contributed by atoms with Gasteiger partial charge in [-0.1, -0.05) is 6.58 Å². The van der Waals surface area contributed by atoms with Gasteiger partial charge >= 0.3 is 0 Å². The molecule has 0 heterocycles. The molecule has 0 aliphatic heterocycles. The Hall–Kier alpha value is -0.500. The molecule has 0 aliphatic rings. The van der Waals surface area contributed by atoms with Crippen LogP contribution < -0.4 is 5.32 Å². The van der Waals surface area contributed by atoms with E-state index in [-0.39, 0.29) is 0 Å². The van der Waals surface area contributed by atoms with E-state index in [9.17, 15) is 0 Å². The quantitative estimate of drug-likeness (QED) is 0.565. The van der Waals surface area contributed by atoms with Crippen LogP contribution in [0.2, 0.25) is 0 Å². The molecule has 2 nitrogen and oxygen atoms in total. The van der Waals surface area contributed by atoms with Crippen molar-refractivity contribution in [3.63, 3.8) is 0 Å². The SMILES string of the molecule is C=CN(C)CCNC. The molecule has 1 N–H and O–H groups in total. The van der Waals surface area contributed by atoms with E-state index in [2.05, 4.69) is 11.9 Å². The van der Waals surface area contributed by atoms with Crippen LogP contribution in [0.1, 0.15) is 0 Å². The smallest absolute Gasteiger partial charge is 0.0294 e. The first-order valence-corrected chi connectivity index (χ1v) is 2.78. The van der Waals surface area contributed by atoms with Crippen LogP contribution >= 0.6 is 0 Å². The molecular formula is C6H14N2. The molecule has 48 valence electrons. The van der Waals surface area contributed by atoms with Gasteiger partial charge in [0.25, 0.3) is 0 Å². The van der Waals surface area contributed by atoms with Crippen molar-refractivity contribution >= 4 is 0 Å². The highest BCUT2D eigenvalue weighted by Crippen LogP contribution is 1.76. The lowest BCUT2D eigenvalue weighted by Gasteiger charge is -2.11. The summed E-state index contributed by atoms with van der Waals surface area (Å²) in [5, 5.41) is 3.04. The second kappa shape index (κ2) is 4.65. The maximum Gasteiger partial charge on any atom is 0.0294 e. The first-order valence-electron chi connectivity index (χ1n) is 2.78. The Morgan fingerprint density at radius 2 is 2.38 bits per heavy atom. The Kier molecular flexibility index (Phi) is 4.36. The molecule has 0 aromatic heterocycles. The fourth-order valence-electron chi connectivity index (χ4n) is 0.379. The van der Waals surface area contributed by atoms with Crippen molar-refractivity contribution < 1.29 is 0 Å². The van der Waals surface area contributed by atoms with Crippen LogP contribution in [0.5, 0.6) is 0 Å². The molecule has 0 aromatic rings. The molecule has 8 heavy (non-hydrogen) atoms. The maximum absolute atomic E-state index is 3.61. The van der Waals surface area contributed by atoms with E-state index in [1.54, 1.807) is 0 Å². The van der Waals surface area contributed by atoms with Crippen molar-refractivity contribution in [1.82, 2.24) is 10.2 Å². The summed E-state index contributed by atoms with van der Waals surface area (Å²) in [4.78, 5) is 2.04. The van der Waals surface area contributed by atoms with Crippen molar-refractivity contribution in [2.75, 3.05) is 27.2 Å². The first-order chi connectivity index (χ1) is 3.81. The first kappa shape index (κ1) is 7.50. The normalized spacial score (nSPS) is 8.75. The summed E-state index contributed by atoms with van der Waals surface area (Å²) in [5.41, 5.74) is 0. The van der Waals surface area contributed by atoms with Gasteiger partial charge in [-0.05, 0) is 13.2 Å². The lowest BCUT2D eigenvalue weighted by Crippen LogP contribution is -2.22. The van der Waals surface area contributed by atoms with Crippen LogP contribution in [-0.2, 0) is 0 Å². The van der Waals surface area contributed by atoms with Crippen molar-refractivity contribution in [3.8, 4) is 0 Å². The number of hydrogen-bond acceptors (Lipinski definition) is 2. The molecule has 0 saturated heterocycles. The Morgan fingerprint density at radius 1 is 1.75 bits per heavy atom. The third-order valence-corrected chi connectivity index (χ3v) is 1.03. The molecule has 0 aromatic carbocycles. The van der Waals surface area contributed by atoms with Crippen molar-refractivity contribution in [2.45, 2.75) is 0 Å². The monoisotopic (exact) mass is 114 g/mol. The van der Waals surface area contributed by atoms with Gasteiger partial charge in [-0.3, -0.25) is 0 Å². The van der Waals surface area contributed by atoms with Crippen LogP contribution in [0.4, 0.5) is 0 Å². The Morgan fingerprint density at radius 3 is 2.75 bits per heavy atom. The van der Waals surface area contributed by atoms with Gasteiger partial charge in [0, 0.05) is 20.1 Å². The average molecular weight is 114 g/mol. The number of hydrogen-bond donors (Lipinski definition) is 1. The summed E-state index contributed by atoms with van der Waals surface area (Å²) < 4.78 is 0. The Balaban J connectivity index is 2.98. The van der Waals surface area contributed by atoms with Crippen LogP contribution in [0, 0.1) is 0 Å². The fraction of sp³-hybridized carbons (Fsp3) is 0.667. The lowest BCUT2D eigenvalue weighted by atomic mass is 10.6. The lowest BCUT2D eigenvalue weighted by molar-refractivity contribution is 0.452. The highest BCUT2D eigenvalue weighted by molar-refractivity contribution is 4.65. The van der Waals surface area contributed by atoms with E-state index in [1.807, 2.05) is 25.2 Å². The molecule has 0 saturated carbocycles. The van der Waals surface area contributed by atoms with Gasteiger partial charge in [-0.2, -0.15) is 0 Å². The van der Waals surface area contributed by atoms with E-state index < -0.39 is 0 Å². The molecular weight excluding hydrogens is 100 g/mol. The minimum atomic E-state index is 1.02. The predicted molar refractivity (Wildman–Crippen MR) is 36.8 cm³/mol. The summed E-state index contributed by atoms with van der Waals surface area (Å²) >= 11 is 0. The second-order valence-electron chi connectivity index (χ2n) is 1.77. The number of likely N-dealkylation sites (N-methyl/N-ethyl adjacent to an activating group) is 2. The fourth-order valence-corrected chi connectivity index (χ4v) is 0.379. The Labute approximate surface area is 51.2 Å². The predicted octanol–water partition coefficient (Wildman–Crippen LogP) is 0.281. The molecule has 0 radical (unpaired) electrons. The van der Waals surface area contributed by atoms with Crippen molar-refractivity contribution in [1.29, 1.82) is 0 Å². The topological polar surface area (TPSA) is 15.3 Å². The van der Waals surface area contributed by atoms with Gasteiger partial charge in [0.15, 0.2) is 0 Å². The molecule has 0 aliphatic carbocycles. The third kappa shape index (κ3) is 3.68. The molecule has 0 amide bonds. The summed E-state index contributed by atoms with van der Waals surface area (Å²) in [6.07, 6.45) is 1.82. The summed E-state index contributed by atoms with van der Waals surface area (Å²) in [7, 11) is 3.95. The number of rotatable bonds is 4. The number of nitrogens with zero attached hydrogens (tertiary/aromatic N) is 1. The van der Waals surface area contributed by atoms with E-state index in [1.165, 1.54) is 0 Å². The second-order valence-corrected chi connectivity index (χ2v) is 1.77. The van der Waals surface area contributed by atoms with E-state index in [0.717, 1.165) is 13.1 Å². The molecule has 0 spiro atoms. The minimum Gasteiger partial charge on any atom is -0.380 e. The standard InChI is InChI=1S/C6H14N2/c1-4-8(3)6-5-7-2/h4,7H,1,5-6H2,2-3H3. The van der Waals surface area contributed by atoms with Gasteiger partial charge in [-0.25, -0.2) is 0 Å². The zero-order valence-electron chi connectivity index (χ0n) is 5.65. The van der Waals surface area contributed by atoms with Crippen LogP contribution in [-0.4, -0.2) is 32.1 Å². The molecule has 0 unspecified atom stereocenters. The molecule has 0 rings (SSSR count). The highest BCUT2D eigenvalue weighted by atomic mass is 15.1. The Bertz CT molecular complexity index is 61.5. The van der Waals surface area contributed by atoms with Crippen molar-refractivity contribution in [2.24, 2.45) is 0 Å². The van der Waals surface area contributed by atoms with Gasteiger partial charge in [0.1, 0.15) is 0 Å². The molecule has 0 bridgehead atoms. The molecule has 0 atom stereocenters. The van der Waals surface area contributed by atoms with Crippen LogP contribution in [0.3, 0.4) is 0 Å². The third-order valence-electron chi connectivity index (χ3n) is 1.03. The largest absolute Gasteiger partial charge is 0.380 e. The van der Waals surface area contributed by atoms with Gasteiger partial charge < -0.3 is 10.2 Å². The zero-order valence-corrected chi connectivity index (χ0v) is 5.65. The summed E-state index contributed by atoms with van der Waals surface area (Å²) in [6, 6.07) is 0. The number of nitrogens with one attached hydrogen (secondary N) is 1. The van der Waals surface area contributed by atoms with Gasteiger partial charge in [0.05, 0.1) is 0 Å².